The highest BCUT2D eigenvalue weighted by atomic mass is 19.4. The highest BCUT2D eigenvalue weighted by molar-refractivity contribution is 6.06. The molecule has 1 saturated carbocycles. The number of aromatic nitrogens is 3. The van der Waals surface area contributed by atoms with E-state index in [1.54, 1.807) is 24.3 Å². The maximum atomic E-state index is 13.3. The van der Waals surface area contributed by atoms with Crippen molar-refractivity contribution in [1.82, 2.24) is 20.1 Å². The summed E-state index contributed by atoms with van der Waals surface area (Å²) in [7, 11) is 1.73. The number of aryl methyl sites for hydroxylation is 1. The molecular weight excluding hydrogens is 529 g/mol. The van der Waals surface area contributed by atoms with Crippen LogP contribution in [0.4, 0.5) is 24.5 Å². The average Bonchev–Trinajstić information content (AvgIpc) is 3.36. The molecule has 3 aromatic rings. The molecule has 216 valence electrons. The number of hydrogen-bond donors (Lipinski definition) is 3. The minimum atomic E-state index is -5.08. The molecule has 2 heterocycles. The Morgan fingerprint density at radius 2 is 1.77 bits per heavy atom. The Morgan fingerprint density at radius 3 is 2.38 bits per heavy atom. The van der Waals surface area contributed by atoms with Crippen molar-refractivity contribution in [3.8, 4) is 0 Å². The molecule has 1 aromatic carbocycles. The minimum absolute atomic E-state index is 0.0599. The number of pyridine rings is 1. The molecule has 3 N–H and O–H groups in total. The van der Waals surface area contributed by atoms with Crippen LogP contribution in [0.2, 0.25) is 0 Å². The van der Waals surface area contributed by atoms with Crippen LogP contribution in [0.25, 0.3) is 11.0 Å². The molecule has 0 aliphatic heterocycles. The van der Waals surface area contributed by atoms with E-state index in [0.29, 0.717) is 24.7 Å². The van der Waals surface area contributed by atoms with Gasteiger partial charge in [0.25, 0.3) is 5.91 Å². The molecule has 0 saturated heterocycles. The Bertz CT molecular complexity index is 1350. The summed E-state index contributed by atoms with van der Waals surface area (Å²) < 4.78 is 33.6. The number of aliphatic carboxylic acids is 1. The van der Waals surface area contributed by atoms with Gasteiger partial charge in [-0.3, -0.25) is 9.59 Å². The number of fused-ring (bicyclic) bond motifs is 1. The van der Waals surface area contributed by atoms with Gasteiger partial charge in [0, 0.05) is 45.0 Å². The van der Waals surface area contributed by atoms with E-state index in [2.05, 4.69) is 20.7 Å². The molecule has 13 heteroatoms. The first-order chi connectivity index (χ1) is 18.9. The number of benzene rings is 1. The minimum Gasteiger partial charge on any atom is -0.475 e. The summed E-state index contributed by atoms with van der Waals surface area (Å²) in [6.45, 7) is 4.57. The van der Waals surface area contributed by atoms with Crippen LogP contribution in [0.5, 0.6) is 0 Å². The molecule has 1 aliphatic carbocycles. The number of carbonyl (C=O) groups is 3. The Hall–Kier alpha value is -4.16. The number of rotatable bonds is 7. The number of alkyl halides is 3. The molecule has 0 bridgehead atoms. The second-order valence-electron chi connectivity index (χ2n) is 9.42. The zero-order valence-corrected chi connectivity index (χ0v) is 22.6. The number of halogens is 3. The lowest BCUT2D eigenvalue weighted by molar-refractivity contribution is -0.192. The molecule has 0 spiro atoms. The van der Waals surface area contributed by atoms with Crippen LogP contribution in [0.1, 0.15) is 61.9 Å². The summed E-state index contributed by atoms with van der Waals surface area (Å²) in [4.78, 5) is 40.2. The highest BCUT2D eigenvalue weighted by Gasteiger charge is 2.38. The Balaban J connectivity index is 0.000000559. The maximum Gasteiger partial charge on any atom is 0.490 e. The fraction of sp³-hybridized carbons (Fsp3) is 0.444. The van der Waals surface area contributed by atoms with Crippen LogP contribution in [-0.4, -0.2) is 56.9 Å². The smallest absolute Gasteiger partial charge is 0.475 e. The average molecular weight is 563 g/mol. The van der Waals surface area contributed by atoms with Crippen LogP contribution in [-0.2, 0) is 22.7 Å². The van der Waals surface area contributed by atoms with Crippen molar-refractivity contribution < 1.29 is 32.7 Å². The SMILES string of the molecule is CCn1ncc2c(NC3CCCCC3)c(C(=O)NCc3ccccc3N(C)C(C)=O)cnc21.O=C(O)C(F)(F)F. The third kappa shape index (κ3) is 7.48. The summed E-state index contributed by atoms with van der Waals surface area (Å²) >= 11 is 0. The van der Waals surface area contributed by atoms with Gasteiger partial charge in [-0.1, -0.05) is 37.5 Å². The molecule has 0 unspecified atom stereocenters. The topological polar surface area (TPSA) is 129 Å². The Kier molecular flexibility index (Phi) is 10.1. The van der Waals surface area contributed by atoms with E-state index in [-0.39, 0.29) is 11.8 Å². The zero-order valence-electron chi connectivity index (χ0n) is 22.6. The molecule has 0 atom stereocenters. The van der Waals surface area contributed by atoms with Gasteiger partial charge in [0.1, 0.15) is 0 Å². The summed E-state index contributed by atoms with van der Waals surface area (Å²) in [5.41, 5.74) is 3.75. The number of carboxylic acids is 1. The standard InChI is InChI=1S/C25H32N6O2.C2HF3O2/c1-4-31-24-20(16-28-31)23(29-19-11-6-5-7-12-19)21(15-26-24)25(33)27-14-18-10-8-9-13-22(18)30(3)17(2)32;3-2(4,5)1(6)7/h8-10,13,15-16,19H,4-7,11-12,14H2,1-3H3,(H,26,29)(H,27,33);(H,6,7). The van der Waals surface area contributed by atoms with Gasteiger partial charge in [0.05, 0.1) is 22.8 Å². The van der Waals surface area contributed by atoms with E-state index < -0.39 is 12.1 Å². The van der Waals surface area contributed by atoms with Gasteiger partial charge in [-0.2, -0.15) is 18.3 Å². The first-order valence-corrected chi connectivity index (χ1v) is 13.0. The second kappa shape index (κ2) is 13.3. The Morgan fingerprint density at radius 1 is 1.12 bits per heavy atom. The monoisotopic (exact) mass is 562 g/mol. The van der Waals surface area contributed by atoms with Gasteiger partial charge in [-0.25, -0.2) is 14.5 Å². The van der Waals surface area contributed by atoms with Gasteiger partial charge in [0.15, 0.2) is 5.65 Å². The van der Waals surface area contributed by atoms with Crippen LogP contribution in [0.15, 0.2) is 36.7 Å². The molecule has 40 heavy (non-hydrogen) atoms. The number of carbonyl (C=O) groups excluding carboxylic acids is 2. The summed E-state index contributed by atoms with van der Waals surface area (Å²) in [6.07, 6.45) is 4.20. The van der Waals surface area contributed by atoms with E-state index in [0.717, 1.165) is 40.8 Å². The van der Waals surface area contributed by atoms with E-state index >= 15 is 0 Å². The molecule has 10 nitrogen and oxygen atoms in total. The third-order valence-electron chi connectivity index (χ3n) is 6.67. The van der Waals surface area contributed by atoms with Gasteiger partial charge in [0.2, 0.25) is 5.91 Å². The number of nitrogens with one attached hydrogen (secondary N) is 2. The van der Waals surface area contributed by atoms with Crippen molar-refractivity contribution in [2.75, 3.05) is 17.3 Å². The molecule has 4 rings (SSSR count). The highest BCUT2D eigenvalue weighted by Crippen LogP contribution is 2.30. The lowest BCUT2D eigenvalue weighted by Gasteiger charge is -2.25. The first-order valence-electron chi connectivity index (χ1n) is 13.0. The van der Waals surface area contributed by atoms with Crippen LogP contribution in [0, 0.1) is 0 Å². The summed E-state index contributed by atoms with van der Waals surface area (Å²) in [5, 5.41) is 19.1. The number of amides is 2. The van der Waals surface area contributed by atoms with Crippen molar-refractivity contribution in [3.63, 3.8) is 0 Å². The summed E-state index contributed by atoms with van der Waals surface area (Å²) in [6, 6.07) is 7.93. The zero-order chi connectivity index (χ0) is 29.4. The van der Waals surface area contributed by atoms with Crippen molar-refractivity contribution in [2.24, 2.45) is 0 Å². The van der Waals surface area contributed by atoms with Crippen molar-refractivity contribution in [3.05, 3.63) is 47.8 Å². The van der Waals surface area contributed by atoms with Crippen molar-refractivity contribution in [1.29, 1.82) is 0 Å². The molecule has 2 amide bonds. The normalized spacial score (nSPS) is 13.8. The van der Waals surface area contributed by atoms with Crippen LogP contribution < -0.4 is 15.5 Å². The van der Waals surface area contributed by atoms with Gasteiger partial charge >= 0.3 is 12.1 Å². The largest absolute Gasteiger partial charge is 0.490 e. The van der Waals surface area contributed by atoms with E-state index in [1.165, 1.54) is 26.2 Å². The lowest BCUT2D eigenvalue weighted by Crippen LogP contribution is -2.29. The Labute approximate surface area is 229 Å². The fourth-order valence-corrected chi connectivity index (χ4v) is 4.46. The first kappa shape index (κ1) is 30.4. The quantitative estimate of drug-likeness (QED) is 0.379. The number of anilines is 2. The van der Waals surface area contributed by atoms with Crippen molar-refractivity contribution in [2.45, 2.75) is 71.3 Å². The molecular formula is C27H33F3N6O4. The predicted octanol–water partition coefficient (Wildman–Crippen LogP) is 4.74. The maximum absolute atomic E-state index is 13.3. The molecule has 2 aromatic heterocycles. The van der Waals surface area contributed by atoms with E-state index in [1.807, 2.05) is 35.9 Å². The van der Waals surface area contributed by atoms with Crippen LogP contribution >= 0.6 is 0 Å². The van der Waals surface area contributed by atoms with E-state index in [4.69, 9.17) is 9.90 Å². The third-order valence-corrected chi connectivity index (χ3v) is 6.67. The summed E-state index contributed by atoms with van der Waals surface area (Å²) in [5.74, 6) is -3.02. The lowest BCUT2D eigenvalue weighted by atomic mass is 9.95. The van der Waals surface area contributed by atoms with Crippen LogP contribution in [0.3, 0.4) is 0 Å². The fourth-order valence-electron chi connectivity index (χ4n) is 4.46. The molecule has 1 aliphatic rings. The number of para-hydroxylation sites is 1. The van der Waals surface area contributed by atoms with Gasteiger partial charge < -0.3 is 20.6 Å². The van der Waals surface area contributed by atoms with Crippen molar-refractivity contribution >= 4 is 40.2 Å². The number of carboxylic acid groups (broad SMARTS) is 1. The number of nitrogens with zero attached hydrogens (tertiary/aromatic N) is 4. The molecule has 0 radical (unpaired) electrons. The number of hydrogen-bond acceptors (Lipinski definition) is 6. The second-order valence-corrected chi connectivity index (χ2v) is 9.42. The van der Waals surface area contributed by atoms with Gasteiger partial charge in [-0.15, -0.1) is 0 Å². The predicted molar refractivity (Wildman–Crippen MR) is 144 cm³/mol. The van der Waals surface area contributed by atoms with E-state index in [9.17, 15) is 22.8 Å². The van der Waals surface area contributed by atoms with Gasteiger partial charge in [-0.05, 0) is 31.4 Å². The molecule has 1 fully saturated rings.